The summed E-state index contributed by atoms with van der Waals surface area (Å²) in [4.78, 5) is 3.31. The van der Waals surface area contributed by atoms with E-state index in [-0.39, 0.29) is 0 Å². The van der Waals surface area contributed by atoms with Crippen molar-refractivity contribution in [1.82, 2.24) is 4.98 Å². The lowest BCUT2D eigenvalue weighted by Crippen LogP contribution is -1.89. The molecule has 1 aromatic heterocycles. The van der Waals surface area contributed by atoms with Crippen molar-refractivity contribution in [1.29, 1.82) is 0 Å². The fourth-order valence-electron chi connectivity index (χ4n) is 2.30. The van der Waals surface area contributed by atoms with Crippen molar-refractivity contribution in [3.8, 4) is 5.75 Å². The van der Waals surface area contributed by atoms with Crippen LogP contribution in [0.25, 0.3) is 10.9 Å². The molecule has 3 aromatic rings. The van der Waals surface area contributed by atoms with Crippen LogP contribution in [0.5, 0.6) is 5.75 Å². The number of aromatic nitrogens is 1. The van der Waals surface area contributed by atoms with Crippen LogP contribution in [-0.2, 0) is 6.42 Å². The van der Waals surface area contributed by atoms with E-state index in [1.165, 1.54) is 22.0 Å². The smallest absolute Gasteiger partial charge is 0.119 e. The van der Waals surface area contributed by atoms with Crippen LogP contribution >= 0.6 is 15.9 Å². The van der Waals surface area contributed by atoms with Crippen LogP contribution < -0.4 is 4.74 Å². The monoisotopic (exact) mass is 315 g/mol. The van der Waals surface area contributed by atoms with Gasteiger partial charge < -0.3 is 9.72 Å². The molecule has 0 saturated carbocycles. The Morgan fingerprint density at radius 3 is 2.89 bits per heavy atom. The van der Waals surface area contributed by atoms with Crippen molar-refractivity contribution in [3.63, 3.8) is 0 Å². The Hall–Kier alpha value is -1.74. The van der Waals surface area contributed by atoms with Gasteiger partial charge in [0.1, 0.15) is 5.75 Å². The summed E-state index contributed by atoms with van der Waals surface area (Å²) >= 11 is 3.53. The van der Waals surface area contributed by atoms with Gasteiger partial charge in [-0.1, -0.05) is 28.1 Å². The van der Waals surface area contributed by atoms with E-state index in [0.29, 0.717) is 0 Å². The summed E-state index contributed by atoms with van der Waals surface area (Å²) in [7, 11) is 1.70. The average Bonchev–Trinajstić information content (AvgIpc) is 2.81. The van der Waals surface area contributed by atoms with Crippen molar-refractivity contribution in [2.75, 3.05) is 7.11 Å². The highest BCUT2D eigenvalue weighted by atomic mass is 79.9. The number of ether oxygens (including phenoxy) is 1. The van der Waals surface area contributed by atoms with Gasteiger partial charge in [-0.25, -0.2) is 0 Å². The zero-order valence-electron chi connectivity index (χ0n) is 10.6. The van der Waals surface area contributed by atoms with Crippen LogP contribution in [0.15, 0.2) is 53.1 Å². The number of rotatable bonds is 3. The first-order valence-electron chi connectivity index (χ1n) is 6.15. The van der Waals surface area contributed by atoms with Crippen LogP contribution in [-0.4, -0.2) is 12.1 Å². The Bertz CT molecular complexity index is 718. The Kier molecular flexibility index (Phi) is 3.30. The molecule has 0 radical (unpaired) electrons. The summed E-state index contributed by atoms with van der Waals surface area (Å²) in [5.41, 5.74) is 3.71. The maximum absolute atomic E-state index is 5.27. The molecule has 1 N–H and O–H groups in total. The maximum Gasteiger partial charge on any atom is 0.119 e. The molecular weight excluding hydrogens is 302 g/mol. The first-order chi connectivity index (χ1) is 9.26. The lowest BCUT2D eigenvalue weighted by molar-refractivity contribution is 0.414. The fourth-order valence-corrected chi connectivity index (χ4v) is 2.66. The molecule has 2 nitrogen and oxygen atoms in total. The molecule has 0 aliphatic heterocycles. The summed E-state index contributed by atoms with van der Waals surface area (Å²) in [6.45, 7) is 0. The molecule has 96 valence electrons. The number of aromatic amines is 1. The molecule has 2 aromatic carbocycles. The summed E-state index contributed by atoms with van der Waals surface area (Å²) in [6.07, 6.45) is 2.98. The lowest BCUT2D eigenvalue weighted by Gasteiger charge is -2.04. The second-order valence-corrected chi connectivity index (χ2v) is 5.45. The highest BCUT2D eigenvalue weighted by molar-refractivity contribution is 9.10. The topological polar surface area (TPSA) is 25.0 Å². The van der Waals surface area contributed by atoms with Crippen LogP contribution in [0.1, 0.15) is 11.1 Å². The normalized spacial score (nSPS) is 10.8. The van der Waals surface area contributed by atoms with Crippen molar-refractivity contribution >= 4 is 26.8 Å². The highest BCUT2D eigenvalue weighted by Gasteiger charge is 2.05. The van der Waals surface area contributed by atoms with Crippen LogP contribution in [0, 0.1) is 0 Å². The number of halogens is 1. The van der Waals surface area contributed by atoms with Gasteiger partial charge in [-0.2, -0.15) is 0 Å². The number of hydrogen-bond donors (Lipinski definition) is 1. The highest BCUT2D eigenvalue weighted by Crippen LogP contribution is 2.25. The molecule has 0 unspecified atom stereocenters. The zero-order valence-corrected chi connectivity index (χ0v) is 12.2. The standard InChI is InChI=1S/C16H14BrNO/c1-19-14-4-2-3-11(8-14)7-12-10-18-16-6-5-13(17)9-15(12)16/h2-6,8-10,18H,7H2,1H3. The van der Waals surface area contributed by atoms with Crippen LogP contribution in [0.4, 0.5) is 0 Å². The van der Waals surface area contributed by atoms with E-state index in [2.05, 4.69) is 51.4 Å². The molecule has 1 heterocycles. The number of hydrogen-bond acceptors (Lipinski definition) is 1. The Morgan fingerprint density at radius 2 is 2.05 bits per heavy atom. The predicted molar refractivity (Wildman–Crippen MR) is 81.8 cm³/mol. The van der Waals surface area contributed by atoms with Gasteiger partial charge in [0.2, 0.25) is 0 Å². The summed E-state index contributed by atoms with van der Waals surface area (Å²) in [5.74, 6) is 0.901. The summed E-state index contributed by atoms with van der Waals surface area (Å²) in [5, 5.41) is 1.26. The van der Waals surface area contributed by atoms with Gasteiger partial charge in [-0.05, 0) is 47.9 Å². The lowest BCUT2D eigenvalue weighted by atomic mass is 10.0. The van der Waals surface area contributed by atoms with Gasteiger partial charge in [0.15, 0.2) is 0 Å². The van der Waals surface area contributed by atoms with E-state index in [4.69, 9.17) is 4.74 Å². The van der Waals surface area contributed by atoms with E-state index < -0.39 is 0 Å². The summed E-state index contributed by atoms with van der Waals surface area (Å²) in [6, 6.07) is 14.5. The van der Waals surface area contributed by atoms with E-state index in [0.717, 1.165) is 16.6 Å². The molecule has 0 bridgehead atoms. The number of nitrogens with one attached hydrogen (secondary N) is 1. The predicted octanol–water partition coefficient (Wildman–Crippen LogP) is 4.53. The molecule has 19 heavy (non-hydrogen) atoms. The van der Waals surface area contributed by atoms with Crippen molar-refractivity contribution in [2.24, 2.45) is 0 Å². The zero-order chi connectivity index (χ0) is 13.2. The second kappa shape index (κ2) is 5.10. The first-order valence-corrected chi connectivity index (χ1v) is 6.94. The Balaban J connectivity index is 1.98. The quantitative estimate of drug-likeness (QED) is 0.754. The van der Waals surface area contributed by atoms with Gasteiger partial charge in [-0.3, -0.25) is 0 Å². The van der Waals surface area contributed by atoms with Gasteiger partial charge >= 0.3 is 0 Å². The van der Waals surface area contributed by atoms with E-state index in [9.17, 15) is 0 Å². The molecule has 0 saturated heterocycles. The maximum atomic E-state index is 5.27. The first kappa shape index (κ1) is 12.3. The molecule has 0 atom stereocenters. The molecule has 3 rings (SSSR count). The van der Waals surface area contributed by atoms with Crippen molar-refractivity contribution < 1.29 is 4.74 Å². The minimum absolute atomic E-state index is 0.896. The van der Waals surface area contributed by atoms with Crippen LogP contribution in [0.3, 0.4) is 0 Å². The van der Waals surface area contributed by atoms with Crippen molar-refractivity contribution in [2.45, 2.75) is 6.42 Å². The molecule has 0 spiro atoms. The molecule has 0 amide bonds. The van der Waals surface area contributed by atoms with Gasteiger partial charge in [0.05, 0.1) is 7.11 Å². The Morgan fingerprint density at radius 1 is 1.16 bits per heavy atom. The van der Waals surface area contributed by atoms with Gasteiger partial charge in [0.25, 0.3) is 0 Å². The summed E-state index contributed by atoms with van der Waals surface area (Å²) < 4.78 is 6.37. The SMILES string of the molecule is COc1cccc(Cc2c[nH]c3ccc(Br)cc23)c1. The van der Waals surface area contributed by atoms with Crippen LogP contribution in [0.2, 0.25) is 0 Å². The third kappa shape index (κ3) is 2.51. The van der Waals surface area contributed by atoms with E-state index in [1.54, 1.807) is 7.11 Å². The largest absolute Gasteiger partial charge is 0.497 e. The number of H-pyrrole nitrogens is 1. The third-order valence-electron chi connectivity index (χ3n) is 3.26. The number of benzene rings is 2. The number of fused-ring (bicyclic) bond motifs is 1. The van der Waals surface area contributed by atoms with Crippen molar-refractivity contribution in [3.05, 3.63) is 64.3 Å². The van der Waals surface area contributed by atoms with E-state index >= 15 is 0 Å². The fraction of sp³-hybridized carbons (Fsp3) is 0.125. The average molecular weight is 316 g/mol. The third-order valence-corrected chi connectivity index (χ3v) is 3.75. The van der Waals surface area contributed by atoms with E-state index in [1.807, 2.05) is 18.2 Å². The number of methoxy groups -OCH3 is 1. The molecule has 3 heteroatoms. The molecule has 0 fully saturated rings. The minimum atomic E-state index is 0.896. The Labute approximate surface area is 120 Å². The van der Waals surface area contributed by atoms with Gasteiger partial charge in [0, 0.05) is 21.6 Å². The minimum Gasteiger partial charge on any atom is -0.497 e. The molecule has 0 aliphatic rings. The second-order valence-electron chi connectivity index (χ2n) is 4.53. The van der Waals surface area contributed by atoms with Gasteiger partial charge in [-0.15, -0.1) is 0 Å². The molecular formula is C16H14BrNO. The molecule has 0 aliphatic carbocycles.